The van der Waals surface area contributed by atoms with Crippen molar-refractivity contribution in [2.75, 3.05) is 18.1 Å². The Kier molecular flexibility index (Phi) is 5.92. The van der Waals surface area contributed by atoms with E-state index in [1.54, 1.807) is 17.4 Å². The highest BCUT2D eigenvalue weighted by atomic mass is 32.2. The van der Waals surface area contributed by atoms with Crippen molar-refractivity contribution in [1.82, 2.24) is 10.0 Å². The molecule has 1 aromatic heterocycles. The Labute approximate surface area is 129 Å². The van der Waals surface area contributed by atoms with Crippen LogP contribution in [0.2, 0.25) is 0 Å². The smallest absolute Gasteiger partial charge is 0.241 e. The van der Waals surface area contributed by atoms with Gasteiger partial charge in [0.1, 0.15) is 0 Å². The lowest BCUT2D eigenvalue weighted by Crippen LogP contribution is -2.38. The molecule has 0 aliphatic carbocycles. The second-order valence-electron chi connectivity index (χ2n) is 4.95. The summed E-state index contributed by atoms with van der Waals surface area (Å²) in [5.74, 6) is 2.02. The number of thiophene rings is 1. The molecule has 1 atom stereocenters. The number of rotatable bonds is 6. The summed E-state index contributed by atoms with van der Waals surface area (Å²) in [6.07, 6.45) is 2.03. The van der Waals surface area contributed by atoms with E-state index >= 15 is 0 Å². The summed E-state index contributed by atoms with van der Waals surface area (Å²) in [5, 5.41) is 3.23. The minimum Gasteiger partial charge on any atom is -0.312 e. The molecule has 0 bridgehead atoms. The van der Waals surface area contributed by atoms with Gasteiger partial charge >= 0.3 is 0 Å². The van der Waals surface area contributed by atoms with Crippen molar-refractivity contribution >= 4 is 33.1 Å². The van der Waals surface area contributed by atoms with E-state index < -0.39 is 10.0 Å². The van der Waals surface area contributed by atoms with Crippen LogP contribution < -0.4 is 10.0 Å². The molecular formula is C13H22N2O2S3. The van der Waals surface area contributed by atoms with E-state index in [0.717, 1.165) is 47.2 Å². The van der Waals surface area contributed by atoms with Crippen LogP contribution in [0, 0.1) is 6.92 Å². The standard InChI is InChI=1S/C13H22N2O2S3/c1-3-14-8-12-7-13(10(2)19-12)20(16,17)15-11-5-4-6-18-9-11/h7,11,14-15H,3-6,8-9H2,1-2H3. The number of nitrogens with one attached hydrogen (secondary N) is 2. The molecule has 0 saturated carbocycles. The summed E-state index contributed by atoms with van der Waals surface area (Å²) in [4.78, 5) is 2.39. The van der Waals surface area contributed by atoms with E-state index in [2.05, 4.69) is 10.0 Å². The second kappa shape index (κ2) is 7.26. The van der Waals surface area contributed by atoms with Crippen LogP contribution in [0.5, 0.6) is 0 Å². The van der Waals surface area contributed by atoms with Gasteiger partial charge in [-0.15, -0.1) is 11.3 Å². The van der Waals surface area contributed by atoms with E-state index in [-0.39, 0.29) is 6.04 Å². The molecule has 4 nitrogen and oxygen atoms in total. The maximum atomic E-state index is 12.5. The van der Waals surface area contributed by atoms with Crippen LogP contribution in [0.1, 0.15) is 29.5 Å². The Hall–Kier alpha value is -0.0800. The van der Waals surface area contributed by atoms with Crippen LogP contribution in [0.15, 0.2) is 11.0 Å². The summed E-state index contributed by atoms with van der Waals surface area (Å²) in [5.41, 5.74) is 0. The summed E-state index contributed by atoms with van der Waals surface area (Å²) in [6.45, 7) is 5.54. The molecule has 114 valence electrons. The molecule has 2 heterocycles. The minimum atomic E-state index is -3.38. The Balaban J connectivity index is 2.09. The molecule has 2 N–H and O–H groups in total. The summed E-state index contributed by atoms with van der Waals surface area (Å²) < 4.78 is 27.8. The van der Waals surface area contributed by atoms with Crippen LogP contribution in [0.4, 0.5) is 0 Å². The van der Waals surface area contributed by atoms with Gasteiger partial charge in [-0.3, -0.25) is 0 Å². The predicted octanol–water partition coefficient (Wildman–Crippen LogP) is 2.34. The summed E-state index contributed by atoms with van der Waals surface area (Å²) >= 11 is 3.38. The van der Waals surface area contributed by atoms with Gasteiger partial charge in [0.25, 0.3) is 0 Å². The molecule has 1 aliphatic rings. The molecule has 2 rings (SSSR count). The second-order valence-corrected chi connectivity index (χ2v) is 9.12. The summed E-state index contributed by atoms with van der Waals surface area (Å²) in [7, 11) is -3.38. The topological polar surface area (TPSA) is 58.2 Å². The van der Waals surface area contributed by atoms with Crippen molar-refractivity contribution in [3.05, 3.63) is 15.8 Å². The van der Waals surface area contributed by atoms with E-state index in [4.69, 9.17) is 0 Å². The normalized spacial score (nSPS) is 20.2. The maximum Gasteiger partial charge on any atom is 0.241 e. The highest BCUT2D eigenvalue weighted by Crippen LogP contribution is 2.27. The average molecular weight is 335 g/mol. The molecule has 0 aromatic carbocycles. The average Bonchev–Trinajstić information content (AvgIpc) is 2.79. The first-order valence-corrected chi connectivity index (χ1v) is 10.4. The van der Waals surface area contributed by atoms with Gasteiger partial charge in [0.15, 0.2) is 0 Å². The monoisotopic (exact) mass is 334 g/mol. The van der Waals surface area contributed by atoms with Crippen molar-refractivity contribution in [1.29, 1.82) is 0 Å². The number of thioether (sulfide) groups is 1. The van der Waals surface area contributed by atoms with Gasteiger partial charge in [-0.2, -0.15) is 11.8 Å². The highest BCUT2D eigenvalue weighted by molar-refractivity contribution is 7.99. The number of hydrogen-bond donors (Lipinski definition) is 2. The minimum absolute atomic E-state index is 0.0790. The van der Waals surface area contributed by atoms with Crippen molar-refractivity contribution in [3.63, 3.8) is 0 Å². The van der Waals surface area contributed by atoms with E-state index in [9.17, 15) is 8.42 Å². The van der Waals surface area contributed by atoms with E-state index in [0.29, 0.717) is 4.90 Å². The Morgan fingerprint density at radius 1 is 1.45 bits per heavy atom. The zero-order chi connectivity index (χ0) is 14.6. The first-order valence-electron chi connectivity index (χ1n) is 6.93. The van der Waals surface area contributed by atoms with E-state index in [1.807, 2.05) is 25.6 Å². The lowest BCUT2D eigenvalue weighted by Gasteiger charge is -2.22. The first-order chi connectivity index (χ1) is 9.53. The molecule has 0 spiro atoms. The van der Waals surface area contributed by atoms with E-state index in [1.165, 1.54) is 0 Å². The fraction of sp³-hybridized carbons (Fsp3) is 0.692. The van der Waals surface area contributed by atoms with Crippen molar-refractivity contribution in [2.24, 2.45) is 0 Å². The molecule has 7 heteroatoms. The fourth-order valence-corrected chi connectivity index (χ4v) is 6.30. The van der Waals surface area contributed by atoms with Crippen LogP contribution in [0.3, 0.4) is 0 Å². The van der Waals surface area contributed by atoms with Crippen molar-refractivity contribution < 1.29 is 8.42 Å². The van der Waals surface area contributed by atoms with Crippen LogP contribution >= 0.6 is 23.1 Å². The van der Waals surface area contributed by atoms with Crippen molar-refractivity contribution in [3.8, 4) is 0 Å². The van der Waals surface area contributed by atoms with Gasteiger partial charge in [0.2, 0.25) is 10.0 Å². The molecule has 0 amide bonds. The predicted molar refractivity (Wildman–Crippen MR) is 87.1 cm³/mol. The van der Waals surface area contributed by atoms with Gasteiger partial charge in [0.05, 0.1) is 4.90 Å². The molecule has 1 unspecified atom stereocenters. The Bertz CT molecular complexity index is 534. The third-order valence-corrected chi connectivity index (χ3v) is 7.29. The third kappa shape index (κ3) is 4.21. The lowest BCUT2D eigenvalue weighted by molar-refractivity contribution is 0.543. The number of aryl methyl sites for hydroxylation is 1. The molecule has 0 radical (unpaired) electrons. The quantitative estimate of drug-likeness (QED) is 0.838. The lowest BCUT2D eigenvalue weighted by atomic mass is 10.2. The van der Waals surface area contributed by atoms with Gasteiger partial charge in [-0.1, -0.05) is 6.92 Å². The summed E-state index contributed by atoms with van der Waals surface area (Å²) in [6, 6.07) is 1.89. The highest BCUT2D eigenvalue weighted by Gasteiger charge is 2.24. The molecule has 1 saturated heterocycles. The van der Waals surface area contributed by atoms with Gasteiger partial charge in [-0.05, 0) is 38.1 Å². The molecule has 20 heavy (non-hydrogen) atoms. The zero-order valence-corrected chi connectivity index (χ0v) is 14.4. The van der Waals surface area contributed by atoms with Crippen LogP contribution in [-0.2, 0) is 16.6 Å². The largest absolute Gasteiger partial charge is 0.312 e. The zero-order valence-electron chi connectivity index (χ0n) is 11.9. The fourth-order valence-electron chi connectivity index (χ4n) is 2.24. The number of hydrogen-bond acceptors (Lipinski definition) is 5. The molecule has 1 aliphatic heterocycles. The Morgan fingerprint density at radius 3 is 2.90 bits per heavy atom. The van der Waals surface area contributed by atoms with Crippen LogP contribution in [-0.4, -0.2) is 32.5 Å². The molecule has 1 fully saturated rings. The van der Waals surface area contributed by atoms with Gasteiger partial charge < -0.3 is 5.32 Å². The molecular weight excluding hydrogens is 312 g/mol. The first kappa shape index (κ1) is 16.3. The molecule has 1 aromatic rings. The number of sulfonamides is 1. The van der Waals surface area contributed by atoms with Crippen LogP contribution in [0.25, 0.3) is 0 Å². The Morgan fingerprint density at radius 2 is 2.25 bits per heavy atom. The van der Waals surface area contributed by atoms with Gasteiger partial charge in [0, 0.05) is 28.1 Å². The SMILES string of the molecule is CCNCc1cc(S(=O)(=O)NC2CCCSC2)c(C)s1. The van der Waals surface area contributed by atoms with Crippen molar-refractivity contribution in [2.45, 2.75) is 44.2 Å². The third-order valence-electron chi connectivity index (χ3n) is 3.24. The van der Waals surface area contributed by atoms with Gasteiger partial charge in [-0.25, -0.2) is 13.1 Å². The maximum absolute atomic E-state index is 12.5.